The van der Waals surface area contributed by atoms with Crippen molar-refractivity contribution in [1.29, 1.82) is 0 Å². The quantitative estimate of drug-likeness (QED) is 0.487. The van der Waals surface area contributed by atoms with Crippen molar-refractivity contribution in [3.8, 4) is 5.75 Å². The predicted molar refractivity (Wildman–Crippen MR) is 90.3 cm³/mol. The van der Waals surface area contributed by atoms with Crippen LogP contribution < -0.4 is 4.74 Å². The molecule has 0 radical (unpaired) electrons. The third-order valence-electron chi connectivity index (χ3n) is 3.61. The number of ether oxygens (including phenoxy) is 2. The van der Waals surface area contributed by atoms with E-state index in [1.807, 2.05) is 6.92 Å². The minimum absolute atomic E-state index is 0.205. The van der Waals surface area contributed by atoms with Crippen LogP contribution in [0, 0.1) is 0 Å². The van der Waals surface area contributed by atoms with Gasteiger partial charge in [0.25, 0.3) is 0 Å². The lowest BCUT2D eigenvalue weighted by molar-refractivity contribution is -0.137. The smallest absolute Gasteiger partial charge is 0.416 e. The first-order valence-corrected chi connectivity index (χ1v) is 8.72. The molecule has 136 valence electrons. The molecular weight excluding hydrogens is 353 g/mol. The van der Waals surface area contributed by atoms with Crippen LogP contribution in [0.15, 0.2) is 29.6 Å². The van der Waals surface area contributed by atoms with Crippen LogP contribution in [0.5, 0.6) is 5.75 Å². The number of thiophene rings is 1. The van der Waals surface area contributed by atoms with E-state index in [0.717, 1.165) is 25.0 Å². The number of carbonyl (C=O) groups is 1. The second kappa shape index (κ2) is 8.38. The van der Waals surface area contributed by atoms with E-state index in [4.69, 9.17) is 9.47 Å². The van der Waals surface area contributed by atoms with Gasteiger partial charge in [-0.1, -0.05) is 31.5 Å². The first-order chi connectivity index (χ1) is 11.9. The Balaban J connectivity index is 2.25. The predicted octanol–water partition coefficient (Wildman–Crippen LogP) is 5.32. The summed E-state index contributed by atoms with van der Waals surface area (Å²) >= 11 is 1.27. The minimum Gasteiger partial charge on any atom is -0.495 e. The summed E-state index contributed by atoms with van der Waals surface area (Å²) in [5, 5.41) is 1.67. The van der Waals surface area contributed by atoms with Gasteiger partial charge in [-0.05, 0) is 18.1 Å². The summed E-state index contributed by atoms with van der Waals surface area (Å²) in [6.45, 7) is 2.29. The van der Waals surface area contributed by atoms with Crippen molar-refractivity contribution in [2.75, 3.05) is 13.7 Å². The van der Waals surface area contributed by atoms with Crippen LogP contribution in [-0.4, -0.2) is 19.7 Å². The van der Waals surface area contributed by atoms with Gasteiger partial charge in [0.2, 0.25) is 0 Å². The van der Waals surface area contributed by atoms with Crippen LogP contribution >= 0.6 is 11.3 Å². The molecule has 1 aromatic carbocycles. The van der Waals surface area contributed by atoms with Gasteiger partial charge in [0, 0.05) is 16.7 Å². The van der Waals surface area contributed by atoms with E-state index < -0.39 is 17.7 Å². The van der Waals surface area contributed by atoms with Gasteiger partial charge in [0.05, 0.1) is 19.3 Å². The van der Waals surface area contributed by atoms with Crippen LogP contribution in [0.3, 0.4) is 0 Å². The molecule has 1 aromatic heterocycles. The number of alkyl halides is 3. The fourth-order valence-corrected chi connectivity index (χ4v) is 3.31. The van der Waals surface area contributed by atoms with E-state index in [9.17, 15) is 18.0 Å². The highest BCUT2D eigenvalue weighted by molar-refractivity contribution is 7.10. The van der Waals surface area contributed by atoms with Crippen molar-refractivity contribution in [3.63, 3.8) is 0 Å². The second-order valence-corrected chi connectivity index (χ2v) is 6.43. The Labute approximate surface area is 148 Å². The number of halogens is 3. The molecule has 25 heavy (non-hydrogen) atoms. The second-order valence-electron chi connectivity index (χ2n) is 5.47. The lowest BCUT2D eigenvalue weighted by Crippen LogP contribution is -2.09. The topological polar surface area (TPSA) is 35.5 Å². The number of hydrogen-bond acceptors (Lipinski definition) is 4. The van der Waals surface area contributed by atoms with Gasteiger partial charge in [-0.3, -0.25) is 0 Å². The van der Waals surface area contributed by atoms with Crippen LogP contribution in [0.2, 0.25) is 0 Å². The molecule has 0 amide bonds. The minimum atomic E-state index is -4.40. The lowest BCUT2D eigenvalue weighted by Gasteiger charge is -2.10. The van der Waals surface area contributed by atoms with Crippen LogP contribution in [-0.2, 0) is 17.3 Å². The Morgan fingerprint density at radius 2 is 2.04 bits per heavy atom. The zero-order valence-electron chi connectivity index (χ0n) is 14.0. The normalized spacial score (nSPS) is 11.4. The highest BCUT2D eigenvalue weighted by atomic mass is 32.1. The molecule has 0 aliphatic carbocycles. The molecule has 0 unspecified atom stereocenters. The number of esters is 1. The van der Waals surface area contributed by atoms with E-state index in [1.165, 1.54) is 24.5 Å². The Morgan fingerprint density at radius 1 is 1.28 bits per heavy atom. The number of carbonyl (C=O) groups excluding carboxylic acids is 1. The maximum absolute atomic E-state index is 12.9. The first kappa shape index (κ1) is 19.3. The average molecular weight is 372 g/mol. The molecule has 0 saturated carbocycles. The van der Waals surface area contributed by atoms with Gasteiger partial charge in [-0.2, -0.15) is 13.2 Å². The molecule has 0 atom stereocenters. The third kappa shape index (κ3) is 4.98. The number of hydrogen-bond donors (Lipinski definition) is 0. The maximum Gasteiger partial charge on any atom is 0.416 e. The molecule has 2 rings (SSSR count). The van der Waals surface area contributed by atoms with Crippen molar-refractivity contribution >= 4 is 17.3 Å². The van der Waals surface area contributed by atoms with Crippen LogP contribution in [0.1, 0.15) is 46.1 Å². The summed E-state index contributed by atoms with van der Waals surface area (Å²) < 4.78 is 49.0. The Morgan fingerprint density at radius 3 is 2.68 bits per heavy atom. The van der Waals surface area contributed by atoms with Crippen molar-refractivity contribution in [3.05, 3.63) is 51.2 Å². The van der Waals surface area contributed by atoms with E-state index in [-0.39, 0.29) is 6.42 Å². The van der Waals surface area contributed by atoms with Crippen molar-refractivity contribution in [1.82, 2.24) is 0 Å². The summed E-state index contributed by atoms with van der Waals surface area (Å²) in [4.78, 5) is 12.9. The number of rotatable bonds is 7. The highest BCUT2D eigenvalue weighted by Gasteiger charge is 2.30. The lowest BCUT2D eigenvalue weighted by atomic mass is 10.0. The van der Waals surface area contributed by atoms with E-state index in [2.05, 4.69) is 0 Å². The molecule has 7 heteroatoms. The van der Waals surface area contributed by atoms with Crippen LogP contribution in [0.25, 0.3) is 0 Å². The summed E-state index contributed by atoms with van der Waals surface area (Å²) in [5.74, 6) is -0.123. The summed E-state index contributed by atoms with van der Waals surface area (Å²) in [6, 6.07) is 5.09. The fraction of sp³-hybridized carbons (Fsp3) is 0.389. The molecule has 0 spiro atoms. The molecular formula is C18H19F3O3S. The number of benzene rings is 1. The van der Waals surface area contributed by atoms with Gasteiger partial charge >= 0.3 is 12.1 Å². The molecule has 0 fully saturated rings. The van der Waals surface area contributed by atoms with E-state index >= 15 is 0 Å². The SMILES string of the molecule is CCCCOC(=O)c1c(OC)csc1Cc1cccc(C(F)(F)F)c1. The average Bonchev–Trinajstić information content (AvgIpc) is 2.97. The van der Waals surface area contributed by atoms with Crippen LogP contribution in [0.4, 0.5) is 13.2 Å². The monoisotopic (exact) mass is 372 g/mol. The zero-order chi connectivity index (χ0) is 18.4. The first-order valence-electron chi connectivity index (χ1n) is 7.84. The standard InChI is InChI=1S/C18H19F3O3S/c1-3-4-8-24-17(22)16-14(23-2)11-25-15(16)10-12-6-5-7-13(9-12)18(19,20)21/h5-7,9,11H,3-4,8,10H2,1-2H3. The molecule has 0 aliphatic rings. The van der Waals surface area contributed by atoms with Gasteiger partial charge in [-0.15, -0.1) is 11.3 Å². The third-order valence-corrected chi connectivity index (χ3v) is 4.57. The summed E-state index contributed by atoms with van der Waals surface area (Å²) in [5.41, 5.74) is 0.0588. The Hall–Kier alpha value is -2.02. The van der Waals surface area contributed by atoms with Gasteiger partial charge < -0.3 is 9.47 Å². The van der Waals surface area contributed by atoms with Gasteiger partial charge in [0.1, 0.15) is 11.3 Å². The molecule has 0 saturated heterocycles. The molecule has 3 nitrogen and oxygen atoms in total. The van der Waals surface area contributed by atoms with E-state index in [1.54, 1.807) is 11.4 Å². The fourth-order valence-electron chi connectivity index (χ4n) is 2.30. The Kier molecular flexibility index (Phi) is 6.47. The van der Waals surface area contributed by atoms with Gasteiger partial charge in [0.15, 0.2) is 0 Å². The summed E-state index contributed by atoms with van der Waals surface area (Å²) in [6.07, 6.45) is -2.55. The van der Waals surface area contributed by atoms with E-state index in [0.29, 0.717) is 28.4 Å². The highest BCUT2D eigenvalue weighted by Crippen LogP contribution is 2.34. The van der Waals surface area contributed by atoms with Gasteiger partial charge in [-0.25, -0.2) is 4.79 Å². The largest absolute Gasteiger partial charge is 0.495 e. The zero-order valence-corrected chi connectivity index (χ0v) is 14.8. The van der Waals surface area contributed by atoms with Crippen molar-refractivity contribution < 1.29 is 27.4 Å². The molecule has 0 bridgehead atoms. The molecule has 0 N–H and O–H groups in total. The Bertz CT molecular complexity index is 723. The molecule has 2 aromatic rings. The number of unbranched alkanes of at least 4 members (excludes halogenated alkanes) is 1. The van der Waals surface area contributed by atoms with Crippen molar-refractivity contribution in [2.24, 2.45) is 0 Å². The summed E-state index contributed by atoms with van der Waals surface area (Å²) in [7, 11) is 1.44. The molecule has 0 aliphatic heterocycles. The molecule has 1 heterocycles. The maximum atomic E-state index is 12.9. The number of methoxy groups -OCH3 is 1. The van der Waals surface area contributed by atoms with Crippen molar-refractivity contribution in [2.45, 2.75) is 32.4 Å².